The highest BCUT2D eigenvalue weighted by atomic mass is 16.3. The standard InChI is InChI=1S/C16H30O/c1-12-6-7-14-15(2,3)9-5-10-16(14,4)13(12)8-11-17/h12-14,17H,5-11H2,1-4H3/t12-,13?,14?,16?/m0/s1. The van der Waals surface area contributed by atoms with E-state index in [9.17, 15) is 5.11 Å². The zero-order valence-electron chi connectivity index (χ0n) is 12.1. The van der Waals surface area contributed by atoms with E-state index in [1.54, 1.807) is 0 Å². The van der Waals surface area contributed by atoms with E-state index in [1.165, 1.54) is 32.1 Å². The Hall–Kier alpha value is -0.0400. The molecule has 2 aliphatic carbocycles. The van der Waals surface area contributed by atoms with Crippen LogP contribution in [0.3, 0.4) is 0 Å². The van der Waals surface area contributed by atoms with E-state index < -0.39 is 0 Å². The van der Waals surface area contributed by atoms with Crippen LogP contribution < -0.4 is 0 Å². The van der Waals surface area contributed by atoms with Crippen molar-refractivity contribution < 1.29 is 5.11 Å². The number of hydrogen-bond donors (Lipinski definition) is 1. The Labute approximate surface area is 107 Å². The van der Waals surface area contributed by atoms with Crippen molar-refractivity contribution in [2.75, 3.05) is 6.61 Å². The Balaban J connectivity index is 2.28. The molecule has 4 atom stereocenters. The lowest BCUT2D eigenvalue weighted by molar-refractivity contribution is -0.0991. The minimum absolute atomic E-state index is 0.373. The number of aliphatic hydroxyl groups excluding tert-OH is 1. The lowest BCUT2D eigenvalue weighted by Gasteiger charge is -2.59. The van der Waals surface area contributed by atoms with Crippen molar-refractivity contribution in [3.63, 3.8) is 0 Å². The third-order valence-corrected chi connectivity index (χ3v) is 6.16. The Morgan fingerprint density at radius 1 is 1.12 bits per heavy atom. The minimum atomic E-state index is 0.373. The van der Waals surface area contributed by atoms with Crippen LogP contribution in [0.5, 0.6) is 0 Å². The average molecular weight is 238 g/mol. The van der Waals surface area contributed by atoms with Crippen molar-refractivity contribution in [2.24, 2.45) is 28.6 Å². The maximum Gasteiger partial charge on any atom is 0.0433 e. The molecular formula is C16H30O. The van der Waals surface area contributed by atoms with E-state index in [1.807, 2.05) is 0 Å². The van der Waals surface area contributed by atoms with Gasteiger partial charge in [0.2, 0.25) is 0 Å². The molecule has 1 N–H and O–H groups in total. The van der Waals surface area contributed by atoms with E-state index >= 15 is 0 Å². The van der Waals surface area contributed by atoms with E-state index in [4.69, 9.17) is 0 Å². The van der Waals surface area contributed by atoms with Crippen LogP contribution in [-0.4, -0.2) is 11.7 Å². The van der Waals surface area contributed by atoms with Crippen LogP contribution in [0.4, 0.5) is 0 Å². The fourth-order valence-corrected chi connectivity index (χ4v) is 5.36. The number of fused-ring (bicyclic) bond motifs is 1. The quantitative estimate of drug-likeness (QED) is 0.762. The van der Waals surface area contributed by atoms with Crippen molar-refractivity contribution in [3.05, 3.63) is 0 Å². The summed E-state index contributed by atoms with van der Waals surface area (Å²) in [6.45, 7) is 10.2. The highest BCUT2D eigenvalue weighted by Gasteiger charge is 2.53. The van der Waals surface area contributed by atoms with Gasteiger partial charge in [-0.1, -0.05) is 40.5 Å². The minimum Gasteiger partial charge on any atom is -0.396 e. The summed E-state index contributed by atoms with van der Waals surface area (Å²) in [4.78, 5) is 0. The van der Waals surface area contributed by atoms with Crippen LogP contribution in [0.2, 0.25) is 0 Å². The summed E-state index contributed by atoms with van der Waals surface area (Å²) < 4.78 is 0. The summed E-state index contributed by atoms with van der Waals surface area (Å²) in [5, 5.41) is 9.37. The molecule has 0 aromatic carbocycles. The molecule has 100 valence electrons. The molecule has 2 fully saturated rings. The van der Waals surface area contributed by atoms with E-state index in [0.29, 0.717) is 17.4 Å². The maximum absolute atomic E-state index is 9.37. The van der Waals surface area contributed by atoms with Gasteiger partial charge in [-0.2, -0.15) is 0 Å². The van der Waals surface area contributed by atoms with Gasteiger partial charge >= 0.3 is 0 Å². The normalized spacial score (nSPS) is 45.4. The van der Waals surface area contributed by atoms with Crippen LogP contribution in [-0.2, 0) is 0 Å². The molecule has 1 heteroatoms. The first-order valence-electron chi connectivity index (χ1n) is 7.52. The first kappa shape index (κ1) is 13.4. The van der Waals surface area contributed by atoms with Gasteiger partial charge in [-0.15, -0.1) is 0 Å². The molecule has 2 aliphatic rings. The van der Waals surface area contributed by atoms with Crippen molar-refractivity contribution in [2.45, 2.75) is 66.2 Å². The van der Waals surface area contributed by atoms with Crippen LogP contribution >= 0.6 is 0 Å². The Kier molecular flexibility index (Phi) is 3.60. The second-order valence-electron chi connectivity index (χ2n) is 7.57. The molecule has 0 aromatic rings. The van der Waals surface area contributed by atoms with Gasteiger partial charge in [0.25, 0.3) is 0 Å². The number of aliphatic hydroxyl groups is 1. The molecule has 0 saturated heterocycles. The van der Waals surface area contributed by atoms with E-state index in [-0.39, 0.29) is 0 Å². The molecule has 2 saturated carbocycles. The highest BCUT2D eigenvalue weighted by Crippen LogP contribution is 2.61. The SMILES string of the molecule is C[C@H]1CCC2C(C)(C)CCCC2(C)C1CCO. The van der Waals surface area contributed by atoms with Crippen molar-refractivity contribution >= 4 is 0 Å². The Bertz CT molecular complexity index is 271. The summed E-state index contributed by atoms with van der Waals surface area (Å²) >= 11 is 0. The lowest BCUT2D eigenvalue weighted by Crippen LogP contribution is -2.51. The van der Waals surface area contributed by atoms with Gasteiger partial charge in [0, 0.05) is 6.61 Å². The summed E-state index contributed by atoms with van der Waals surface area (Å²) in [6, 6.07) is 0. The fraction of sp³-hybridized carbons (Fsp3) is 1.00. The topological polar surface area (TPSA) is 20.2 Å². The molecule has 0 aliphatic heterocycles. The summed E-state index contributed by atoms with van der Waals surface area (Å²) in [5.74, 6) is 2.42. The van der Waals surface area contributed by atoms with Gasteiger partial charge in [-0.3, -0.25) is 0 Å². The number of rotatable bonds is 2. The molecule has 0 aromatic heterocycles. The monoisotopic (exact) mass is 238 g/mol. The van der Waals surface area contributed by atoms with Gasteiger partial charge in [0.15, 0.2) is 0 Å². The second kappa shape index (κ2) is 4.57. The Morgan fingerprint density at radius 3 is 2.47 bits per heavy atom. The average Bonchev–Trinajstić information content (AvgIpc) is 2.22. The first-order valence-corrected chi connectivity index (χ1v) is 7.52. The van der Waals surface area contributed by atoms with Gasteiger partial charge in [0.1, 0.15) is 0 Å². The predicted octanol–water partition coefficient (Wildman–Crippen LogP) is 4.25. The predicted molar refractivity (Wildman–Crippen MR) is 72.8 cm³/mol. The zero-order chi connectivity index (χ0) is 12.7. The van der Waals surface area contributed by atoms with Crippen LogP contribution in [0.25, 0.3) is 0 Å². The zero-order valence-corrected chi connectivity index (χ0v) is 12.1. The molecule has 0 amide bonds. The third kappa shape index (κ3) is 2.16. The molecule has 0 bridgehead atoms. The molecule has 0 spiro atoms. The van der Waals surface area contributed by atoms with Crippen LogP contribution in [0.1, 0.15) is 66.2 Å². The number of hydrogen-bond acceptors (Lipinski definition) is 1. The van der Waals surface area contributed by atoms with Crippen molar-refractivity contribution in [1.82, 2.24) is 0 Å². The van der Waals surface area contributed by atoms with Crippen molar-refractivity contribution in [1.29, 1.82) is 0 Å². The molecular weight excluding hydrogens is 208 g/mol. The summed E-state index contributed by atoms with van der Waals surface area (Å²) in [7, 11) is 0. The third-order valence-electron chi connectivity index (χ3n) is 6.16. The summed E-state index contributed by atoms with van der Waals surface area (Å²) in [5.41, 5.74) is 1.00. The first-order chi connectivity index (χ1) is 7.92. The van der Waals surface area contributed by atoms with Gasteiger partial charge in [-0.05, 0) is 54.3 Å². The van der Waals surface area contributed by atoms with E-state index in [2.05, 4.69) is 27.7 Å². The summed E-state index contributed by atoms with van der Waals surface area (Å²) in [6.07, 6.45) is 7.96. The largest absolute Gasteiger partial charge is 0.396 e. The highest BCUT2D eigenvalue weighted by molar-refractivity contribution is 5.02. The van der Waals surface area contributed by atoms with Gasteiger partial charge in [-0.25, -0.2) is 0 Å². The molecule has 3 unspecified atom stereocenters. The van der Waals surface area contributed by atoms with Crippen LogP contribution in [0, 0.1) is 28.6 Å². The smallest absolute Gasteiger partial charge is 0.0433 e. The molecule has 1 nitrogen and oxygen atoms in total. The Morgan fingerprint density at radius 2 is 1.82 bits per heavy atom. The molecule has 0 radical (unpaired) electrons. The van der Waals surface area contributed by atoms with Crippen molar-refractivity contribution in [3.8, 4) is 0 Å². The maximum atomic E-state index is 9.37. The molecule has 0 heterocycles. The lowest BCUT2D eigenvalue weighted by atomic mass is 9.46. The van der Waals surface area contributed by atoms with E-state index in [0.717, 1.165) is 24.2 Å². The molecule has 2 rings (SSSR count). The van der Waals surface area contributed by atoms with Gasteiger partial charge in [0.05, 0.1) is 0 Å². The fourth-order valence-electron chi connectivity index (χ4n) is 5.36. The van der Waals surface area contributed by atoms with Gasteiger partial charge < -0.3 is 5.11 Å². The second-order valence-corrected chi connectivity index (χ2v) is 7.57. The van der Waals surface area contributed by atoms with Crippen LogP contribution in [0.15, 0.2) is 0 Å². The molecule has 17 heavy (non-hydrogen) atoms.